The van der Waals surface area contributed by atoms with E-state index in [1.807, 2.05) is 6.92 Å². The highest BCUT2D eigenvalue weighted by Crippen LogP contribution is 1.78. The predicted molar refractivity (Wildman–Crippen MR) is 89.2 cm³/mol. The van der Waals surface area contributed by atoms with Crippen LogP contribution in [0.3, 0.4) is 0 Å². The van der Waals surface area contributed by atoms with Gasteiger partial charge in [0.1, 0.15) is 0 Å². The fraction of sp³-hybridized carbons (Fsp3) is 0.867. The molecule has 0 unspecified atom stereocenters. The smallest absolute Gasteiger partial charge is 0.219 e. The number of carbonyl (C=O) groups is 2. The van der Waals surface area contributed by atoms with E-state index in [0.29, 0.717) is 0 Å². The van der Waals surface area contributed by atoms with Gasteiger partial charge in [-0.2, -0.15) is 0 Å². The first-order chi connectivity index (χ1) is 7.74. The maximum Gasteiger partial charge on any atom is 0.219 e. The lowest BCUT2D eigenvalue weighted by Crippen LogP contribution is -2.22. The monoisotopic (exact) mass is 280 g/mol. The van der Waals surface area contributed by atoms with Crippen LogP contribution >= 0.6 is 0 Å². The van der Waals surface area contributed by atoms with Crippen molar-refractivity contribution in [2.24, 2.45) is 5.73 Å². The van der Waals surface area contributed by atoms with Gasteiger partial charge in [-0.3, -0.25) is 9.59 Å². The Morgan fingerprint density at radius 1 is 0.895 bits per heavy atom. The average molecular weight is 280 g/mol. The molecule has 0 aliphatic heterocycles. The number of hydrogen-bond acceptors (Lipinski definition) is 2. The minimum atomic E-state index is -0.333. The van der Waals surface area contributed by atoms with E-state index in [1.165, 1.54) is 19.8 Å². The van der Waals surface area contributed by atoms with Crippen molar-refractivity contribution in [3.8, 4) is 0 Å². The van der Waals surface area contributed by atoms with E-state index >= 15 is 0 Å². The third kappa shape index (κ3) is 155. The lowest BCUT2D eigenvalue weighted by Gasteiger charge is -2.09. The van der Waals surface area contributed by atoms with Gasteiger partial charge in [-0.1, -0.05) is 55.4 Å². The summed E-state index contributed by atoms with van der Waals surface area (Å²) >= 11 is 0. The molecular formula is C15H40N2O2. The summed E-state index contributed by atoms with van der Waals surface area (Å²) in [5.74, 6) is -0.206. The van der Waals surface area contributed by atoms with E-state index in [0.717, 1.165) is 6.54 Å². The quantitative estimate of drug-likeness (QED) is 0.786. The number of amides is 2. The highest BCUT2D eigenvalue weighted by molar-refractivity contribution is 5.72. The Hall–Kier alpha value is -1.06. The first-order valence-corrected chi connectivity index (χ1v) is 6.22. The molecule has 0 aromatic carbocycles. The van der Waals surface area contributed by atoms with Crippen molar-refractivity contribution >= 4 is 11.8 Å². The summed E-state index contributed by atoms with van der Waals surface area (Å²) in [7, 11) is 1.78. The van der Waals surface area contributed by atoms with Gasteiger partial charge in [0.25, 0.3) is 0 Å². The second-order valence-corrected chi connectivity index (χ2v) is 3.56. The number of rotatable bonds is 1. The van der Waals surface area contributed by atoms with E-state index in [-0.39, 0.29) is 26.7 Å². The number of carbonyl (C=O) groups excluding carboxylic acids is 2. The second-order valence-electron chi connectivity index (χ2n) is 3.56. The molecule has 0 aliphatic rings. The maximum atomic E-state index is 10.3. The Balaban J connectivity index is -0.0000000309. The number of nitrogens with two attached hydrogens (primary N) is 1. The van der Waals surface area contributed by atoms with Gasteiger partial charge in [0.2, 0.25) is 11.8 Å². The van der Waals surface area contributed by atoms with E-state index in [9.17, 15) is 9.59 Å². The molecule has 4 nitrogen and oxygen atoms in total. The van der Waals surface area contributed by atoms with Gasteiger partial charge >= 0.3 is 0 Å². The van der Waals surface area contributed by atoms with Crippen molar-refractivity contribution in [3.63, 3.8) is 0 Å². The highest BCUT2D eigenvalue weighted by atomic mass is 16.2. The van der Waals surface area contributed by atoms with Gasteiger partial charge in [-0.05, 0) is 6.92 Å². The van der Waals surface area contributed by atoms with E-state index in [4.69, 9.17) is 0 Å². The zero-order valence-electron chi connectivity index (χ0n) is 13.0. The molecule has 0 radical (unpaired) electrons. The Kier molecular flexibility index (Phi) is 68.4. The summed E-state index contributed by atoms with van der Waals surface area (Å²) in [5, 5.41) is 0. The van der Waals surface area contributed by atoms with Crippen LogP contribution in [0.2, 0.25) is 0 Å². The van der Waals surface area contributed by atoms with Crippen LogP contribution in [0.5, 0.6) is 0 Å². The van der Waals surface area contributed by atoms with Gasteiger partial charge in [0, 0.05) is 27.4 Å². The molecule has 0 spiro atoms. The summed E-state index contributed by atoms with van der Waals surface area (Å²) in [6.07, 6.45) is 2.50. The topological polar surface area (TPSA) is 63.4 Å². The summed E-state index contributed by atoms with van der Waals surface area (Å²) in [4.78, 5) is 21.2. The van der Waals surface area contributed by atoms with Gasteiger partial charge in [-0.15, -0.1) is 0 Å². The van der Waals surface area contributed by atoms with Crippen LogP contribution in [0.1, 0.15) is 76.2 Å². The Labute approximate surface area is 122 Å². The molecule has 2 N–H and O–H groups in total. The van der Waals surface area contributed by atoms with Gasteiger partial charge in [-0.25, -0.2) is 0 Å². The van der Waals surface area contributed by atoms with Gasteiger partial charge in [0.05, 0.1) is 0 Å². The lowest BCUT2D eigenvalue weighted by atomic mass is 10.6. The van der Waals surface area contributed by atoms with Crippen molar-refractivity contribution in [2.45, 2.75) is 76.2 Å². The Morgan fingerprint density at radius 3 is 1.05 bits per heavy atom. The van der Waals surface area contributed by atoms with Crippen molar-refractivity contribution in [3.05, 3.63) is 0 Å². The third-order valence-corrected chi connectivity index (χ3v) is 1.01. The predicted octanol–water partition coefficient (Wildman–Crippen LogP) is 4.08. The molecule has 122 valence electrons. The van der Waals surface area contributed by atoms with Crippen LogP contribution in [-0.2, 0) is 9.59 Å². The molecule has 0 atom stereocenters. The minimum absolute atomic E-state index is 0. The lowest BCUT2D eigenvalue weighted by molar-refractivity contribution is -0.127. The van der Waals surface area contributed by atoms with Crippen LogP contribution in [0, 0.1) is 0 Å². The van der Waals surface area contributed by atoms with Crippen molar-refractivity contribution in [1.82, 2.24) is 4.90 Å². The molecule has 0 fully saturated rings. The molecule has 0 bridgehead atoms. The molecule has 2 amide bonds. The molecule has 0 aromatic heterocycles. The third-order valence-electron chi connectivity index (χ3n) is 1.01. The van der Waals surface area contributed by atoms with Crippen LogP contribution in [0.15, 0.2) is 0 Å². The summed E-state index contributed by atoms with van der Waals surface area (Å²) in [5.41, 5.74) is 4.47. The first-order valence-electron chi connectivity index (χ1n) is 6.22. The Bertz CT molecular complexity index is 154. The molecule has 0 aromatic rings. The highest BCUT2D eigenvalue weighted by Gasteiger charge is 1.93. The molecule has 4 heteroatoms. The van der Waals surface area contributed by atoms with Crippen LogP contribution in [0.25, 0.3) is 0 Å². The summed E-state index contributed by atoms with van der Waals surface area (Å²) < 4.78 is 0. The Morgan fingerprint density at radius 2 is 1.05 bits per heavy atom. The van der Waals surface area contributed by atoms with Crippen molar-refractivity contribution in [2.75, 3.05) is 13.6 Å². The van der Waals surface area contributed by atoms with Gasteiger partial charge < -0.3 is 10.6 Å². The minimum Gasteiger partial charge on any atom is -0.370 e. The SMILES string of the molecule is C.C.CC(N)=O.CCC.CCC.CCN(C)C(C)=O. The standard InChI is InChI=1S/C5H11NO.2C3H8.C2H5NO.2CH4/c1-4-6(3)5(2)7;2*1-3-2;1-2(3)4;;/h4H2,1-3H3;2*3H2,1-2H3;1H3,(H2,3,4);2*1H4. The molecule has 0 aliphatic carbocycles. The summed E-state index contributed by atoms with van der Waals surface area (Å²) in [6, 6.07) is 0. The van der Waals surface area contributed by atoms with Crippen LogP contribution < -0.4 is 5.73 Å². The second kappa shape index (κ2) is 36.0. The van der Waals surface area contributed by atoms with Crippen molar-refractivity contribution in [1.29, 1.82) is 0 Å². The fourth-order valence-electron chi connectivity index (χ4n) is 0.223. The molecule has 0 heterocycles. The zero-order chi connectivity index (χ0) is 14.9. The number of hydrogen-bond donors (Lipinski definition) is 1. The van der Waals surface area contributed by atoms with E-state index in [1.54, 1.807) is 18.9 Å². The largest absolute Gasteiger partial charge is 0.370 e. The number of nitrogens with zero attached hydrogens (tertiary/aromatic N) is 1. The molecule has 0 saturated carbocycles. The van der Waals surface area contributed by atoms with E-state index < -0.39 is 0 Å². The maximum absolute atomic E-state index is 10.3. The number of primary amides is 1. The van der Waals surface area contributed by atoms with Crippen LogP contribution in [-0.4, -0.2) is 30.3 Å². The molecule has 0 saturated heterocycles. The van der Waals surface area contributed by atoms with Crippen molar-refractivity contribution < 1.29 is 9.59 Å². The fourth-order valence-corrected chi connectivity index (χ4v) is 0.223. The molecule has 0 rings (SSSR count). The first kappa shape index (κ1) is 36.1. The normalized spacial score (nSPS) is 6.32. The zero-order valence-corrected chi connectivity index (χ0v) is 13.0. The molecule has 19 heavy (non-hydrogen) atoms. The average Bonchev–Trinajstić information content (AvgIpc) is 2.18. The molecular weight excluding hydrogens is 240 g/mol. The van der Waals surface area contributed by atoms with Crippen LogP contribution in [0.4, 0.5) is 0 Å². The summed E-state index contributed by atoms with van der Waals surface area (Å²) in [6.45, 7) is 14.1. The van der Waals surface area contributed by atoms with E-state index in [2.05, 4.69) is 33.4 Å². The van der Waals surface area contributed by atoms with Gasteiger partial charge in [0.15, 0.2) is 0 Å².